The summed E-state index contributed by atoms with van der Waals surface area (Å²) in [6.07, 6.45) is 2.05. The third kappa shape index (κ3) is 5.61. The van der Waals surface area contributed by atoms with Gasteiger partial charge in [-0.05, 0) is 74.7 Å². The Labute approximate surface area is 186 Å². The number of aryl methyl sites for hydroxylation is 2. The Bertz CT molecular complexity index is 1140. The monoisotopic (exact) mass is 440 g/mol. The van der Waals surface area contributed by atoms with Crippen LogP contribution in [0.3, 0.4) is 0 Å². The Hall–Kier alpha value is -2.93. The molecule has 1 aromatic heterocycles. The highest BCUT2D eigenvalue weighted by atomic mass is 32.1. The largest absolute Gasteiger partial charge is 0.494 e. The number of hydrogen-bond acceptors (Lipinski definition) is 5. The summed E-state index contributed by atoms with van der Waals surface area (Å²) in [5, 5.41) is 0. The molecule has 0 aliphatic carbocycles. The number of thiazole rings is 1. The number of hydrogen-bond donors (Lipinski definition) is 0. The van der Waals surface area contributed by atoms with E-state index in [1.54, 1.807) is 35.8 Å². The quantitative estimate of drug-likeness (QED) is 0.373. The van der Waals surface area contributed by atoms with Crippen molar-refractivity contribution in [1.29, 1.82) is 0 Å². The van der Waals surface area contributed by atoms with E-state index >= 15 is 0 Å². The fourth-order valence-electron chi connectivity index (χ4n) is 3.07. The van der Waals surface area contributed by atoms with Gasteiger partial charge in [-0.3, -0.25) is 9.59 Å². The number of aromatic nitrogens is 1. The molecular weight excluding hydrogens is 412 g/mol. The maximum absolute atomic E-state index is 12.8. The van der Waals surface area contributed by atoms with Crippen LogP contribution in [0.15, 0.2) is 41.4 Å². The molecule has 0 saturated heterocycles. The molecule has 0 saturated carbocycles. The lowest BCUT2D eigenvalue weighted by Crippen LogP contribution is -2.23. The molecule has 0 aliphatic rings. The van der Waals surface area contributed by atoms with Gasteiger partial charge in [-0.25, -0.2) is 0 Å². The van der Waals surface area contributed by atoms with Crippen molar-refractivity contribution < 1.29 is 19.1 Å². The predicted octanol–water partition coefficient (Wildman–Crippen LogP) is 4.80. The topological polar surface area (TPSA) is 69.9 Å². The summed E-state index contributed by atoms with van der Waals surface area (Å²) in [4.78, 5) is 29.8. The first kappa shape index (κ1) is 22.7. The van der Waals surface area contributed by atoms with Gasteiger partial charge in [0.15, 0.2) is 4.80 Å². The van der Waals surface area contributed by atoms with Crippen LogP contribution in [0.2, 0.25) is 0 Å². The Morgan fingerprint density at radius 2 is 1.77 bits per heavy atom. The molecule has 0 atom stereocenters. The number of nitrogens with zero attached hydrogens (tertiary/aromatic N) is 2. The Morgan fingerprint density at radius 1 is 1.06 bits per heavy atom. The average Bonchev–Trinajstić information content (AvgIpc) is 3.05. The molecule has 0 aliphatic heterocycles. The van der Waals surface area contributed by atoms with Crippen LogP contribution in [-0.2, 0) is 16.1 Å². The molecule has 7 heteroatoms. The van der Waals surface area contributed by atoms with Crippen molar-refractivity contribution in [2.45, 2.75) is 47.1 Å². The summed E-state index contributed by atoms with van der Waals surface area (Å²) in [6.45, 7) is 8.90. The number of fused-ring (bicyclic) bond motifs is 1. The summed E-state index contributed by atoms with van der Waals surface area (Å²) in [7, 11) is 0. The molecule has 0 fully saturated rings. The van der Waals surface area contributed by atoms with E-state index in [1.807, 2.05) is 19.9 Å². The Kier molecular flexibility index (Phi) is 7.63. The summed E-state index contributed by atoms with van der Waals surface area (Å²) in [5.74, 6) is 0.0100. The predicted molar refractivity (Wildman–Crippen MR) is 123 cm³/mol. The lowest BCUT2D eigenvalue weighted by Gasteiger charge is -2.07. The number of amides is 1. The van der Waals surface area contributed by atoms with Gasteiger partial charge in [0.2, 0.25) is 0 Å². The molecule has 6 nitrogen and oxygen atoms in total. The molecule has 0 bridgehead atoms. The van der Waals surface area contributed by atoms with Crippen molar-refractivity contribution in [3.05, 3.63) is 57.9 Å². The molecule has 164 valence electrons. The normalized spacial score (nSPS) is 11.7. The molecule has 3 rings (SSSR count). The van der Waals surface area contributed by atoms with Crippen LogP contribution in [0.4, 0.5) is 0 Å². The summed E-state index contributed by atoms with van der Waals surface area (Å²) >= 11 is 1.39. The van der Waals surface area contributed by atoms with Crippen LogP contribution >= 0.6 is 11.3 Å². The molecule has 0 radical (unpaired) electrons. The van der Waals surface area contributed by atoms with Crippen molar-refractivity contribution in [1.82, 2.24) is 4.57 Å². The van der Waals surface area contributed by atoms with Gasteiger partial charge in [-0.15, -0.1) is 0 Å². The second kappa shape index (κ2) is 10.4. The van der Waals surface area contributed by atoms with Gasteiger partial charge in [0, 0.05) is 5.56 Å². The van der Waals surface area contributed by atoms with Gasteiger partial charge in [-0.2, -0.15) is 4.99 Å². The van der Waals surface area contributed by atoms with E-state index in [4.69, 9.17) is 9.47 Å². The number of ether oxygens (including phenoxy) is 2. The maximum atomic E-state index is 12.8. The number of benzene rings is 2. The molecule has 1 amide bonds. The fraction of sp³-hybridized carbons (Fsp3) is 0.375. The van der Waals surface area contributed by atoms with Gasteiger partial charge in [0.05, 0.1) is 23.4 Å². The van der Waals surface area contributed by atoms with Crippen LogP contribution in [-0.4, -0.2) is 29.7 Å². The number of carbonyl (C=O) groups excluding carboxylic acids is 2. The standard InChI is InChI=1S/C24H28N2O4S/c1-5-7-12-30-19-10-8-18(9-11-19)23(28)25-24-26(15-22(27)29-6-2)20-13-16(3)17(4)14-21(20)31-24/h8-11,13-14H,5-7,12,15H2,1-4H3. The third-order valence-corrected chi connectivity index (χ3v) is 6.00. The minimum absolute atomic E-state index is 0.00661. The Balaban J connectivity index is 1.96. The minimum atomic E-state index is -0.363. The highest BCUT2D eigenvalue weighted by molar-refractivity contribution is 7.16. The van der Waals surface area contributed by atoms with E-state index < -0.39 is 0 Å². The second-order valence-corrected chi connectivity index (χ2v) is 8.33. The van der Waals surface area contributed by atoms with E-state index in [0.717, 1.165) is 39.9 Å². The van der Waals surface area contributed by atoms with Crippen LogP contribution in [0.5, 0.6) is 5.75 Å². The van der Waals surface area contributed by atoms with Crippen molar-refractivity contribution in [3.63, 3.8) is 0 Å². The molecule has 2 aromatic carbocycles. The molecule has 0 N–H and O–H groups in total. The lowest BCUT2D eigenvalue weighted by molar-refractivity contribution is -0.143. The average molecular weight is 441 g/mol. The van der Waals surface area contributed by atoms with Crippen LogP contribution in [0.25, 0.3) is 10.2 Å². The van der Waals surface area contributed by atoms with E-state index in [-0.39, 0.29) is 18.4 Å². The van der Waals surface area contributed by atoms with E-state index in [0.29, 0.717) is 23.6 Å². The summed E-state index contributed by atoms with van der Waals surface area (Å²) in [6, 6.07) is 11.1. The highest BCUT2D eigenvalue weighted by Crippen LogP contribution is 2.22. The fourth-order valence-corrected chi connectivity index (χ4v) is 4.18. The number of carbonyl (C=O) groups is 2. The molecule has 3 aromatic rings. The zero-order valence-corrected chi connectivity index (χ0v) is 19.3. The highest BCUT2D eigenvalue weighted by Gasteiger charge is 2.14. The number of rotatable bonds is 8. The molecule has 0 unspecified atom stereocenters. The van der Waals surface area contributed by atoms with Crippen LogP contribution in [0, 0.1) is 13.8 Å². The van der Waals surface area contributed by atoms with E-state index in [9.17, 15) is 9.59 Å². The zero-order chi connectivity index (χ0) is 22.4. The van der Waals surface area contributed by atoms with Gasteiger partial charge in [0.25, 0.3) is 5.91 Å². The molecule has 1 heterocycles. The third-order valence-electron chi connectivity index (χ3n) is 4.96. The lowest BCUT2D eigenvalue weighted by atomic mass is 10.1. The van der Waals surface area contributed by atoms with Crippen LogP contribution < -0.4 is 9.54 Å². The van der Waals surface area contributed by atoms with Crippen molar-refractivity contribution >= 4 is 33.4 Å². The first-order chi connectivity index (χ1) is 14.9. The van der Waals surface area contributed by atoms with Gasteiger partial charge in [0.1, 0.15) is 12.3 Å². The number of unbranched alkanes of at least 4 members (excludes halogenated alkanes) is 1. The summed E-state index contributed by atoms with van der Waals surface area (Å²) in [5.41, 5.74) is 3.59. The zero-order valence-electron chi connectivity index (χ0n) is 18.4. The van der Waals surface area contributed by atoms with E-state index in [1.165, 1.54) is 11.3 Å². The minimum Gasteiger partial charge on any atom is -0.494 e. The molecular formula is C24H28N2O4S. The number of esters is 1. The molecule has 0 spiro atoms. The van der Waals surface area contributed by atoms with Gasteiger partial charge < -0.3 is 14.0 Å². The summed E-state index contributed by atoms with van der Waals surface area (Å²) < 4.78 is 13.5. The van der Waals surface area contributed by atoms with Crippen molar-refractivity contribution in [3.8, 4) is 5.75 Å². The second-order valence-electron chi connectivity index (χ2n) is 7.32. The first-order valence-electron chi connectivity index (χ1n) is 10.5. The Morgan fingerprint density at radius 3 is 2.45 bits per heavy atom. The first-order valence-corrected chi connectivity index (χ1v) is 11.3. The van der Waals surface area contributed by atoms with E-state index in [2.05, 4.69) is 18.0 Å². The van der Waals surface area contributed by atoms with Crippen LogP contribution in [0.1, 0.15) is 48.2 Å². The smallest absolute Gasteiger partial charge is 0.326 e. The molecule has 31 heavy (non-hydrogen) atoms. The van der Waals surface area contributed by atoms with Crippen molar-refractivity contribution in [2.75, 3.05) is 13.2 Å². The van der Waals surface area contributed by atoms with Gasteiger partial charge in [-0.1, -0.05) is 24.7 Å². The van der Waals surface area contributed by atoms with Gasteiger partial charge >= 0.3 is 5.97 Å². The maximum Gasteiger partial charge on any atom is 0.326 e. The SMILES string of the molecule is CCCCOc1ccc(C(=O)N=c2sc3cc(C)c(C)cc3n2CC(=O)OCC)cc1. The van der Waals surface area contributed by atoms with Crippen molar-refractivity contribution in [2.24, 2.45) is 4.99 Å².